The summed E-state index contributed by atoms with van der Waals surface area (Å²) in [7, 11) is 0. The van der Waals surface area contributed by atoms with E-state index in [1.807, 2.05) is 6.92 Å². The lowest BCUT2D eigenvalue weighted by molar-refractivity contribution is -0.0772. The largest absolute Gasteiger partial charge is 0.448 e. The molecule has 4 aliphatic carbocycles. The van der Waals surface area contributed by atoms with Gasteiger partial charge < -0.3 is 4.74 Å². The molecule has 1 N–H and O–H groups in total. The van der Waals surface area contributed by atoms with Gasteiger partial charge in [0.25, 0.3) is 0 Å². The monoisotopic (exact) mass is 473 g/mol. The average Bonchev–Trinajstić information content (AvgIpc) is 3.15. The fourth-order valence-corrected chi connectivity index (χ4v) is 9.04. The van der Waals surface area contributed by atoms with Crippen molar-refractivity contribution in [2.45, 2.75) is 118 Å². The van der Waals surface area contributed by atoms with E-state index in [0.717, 1.165) is 48.3 Å². The number of fused-ring (bicyclic) bond motifs is 5. The smallest absolute Gasteiger partial charge is 0.431 e. The highest BCUT2D eigenvalue weighted by Gasteiger charge is 2.59. The number of carbonyl (C=O) groups is 1. The van der Waals surface area contributed by atoms with Gasteiger partial charge in [0.15, 0.2) is 0 Å². The Morgan fingerprint density at radius 2 is 1.88 bits per heavy atom. The first-order chi connectivity index (χ1) is 16.2. The second-order valence-corrected chi connectivity index (χ2v) is 13.1. The number of hydroxylamine groups is 1. The van der Waals surface area contributed by atoms with E-state index in [-0.39, 0.29) is 6.10 Å². The van der Waals surface area contributed by atoms with Gasteiger partial charge >= 0.3 is 6.09 Å². The molecule has 0 aromatic carbocycles. The van der Waals surface area contributed by atoms with E-state index in [1.165, 1.54) is 57.8 Å². The molecule has 0 radical (unpaired) electrons. The molecule has 4 aliphatic rings. The van der Waals surface area contributed by atoms with E-state index in [4.69, 9.17) is 9.57 Å². The highest BCUT2D eigenvalue weighted by Crippen LogP contribution is 2.67. The molecule has 1 amide bonds. The summed E-state index contributed by atoms with van der Waals surface area (Å²) in [5.41, 5.74) is 4.95. The fraction of sp³-hybridized carbons (Fsp3) is 0.900. The van der Waals surface area contributed by atoms with Crippen LogP contribution in [0, 0.1) is 46.3 Å². The number of allylic oxidation sites excluding steroid dienone is 1. The lowest BCUT2D eigenvalue weighted by Gasteiger charge is -2.58. The molecule has 0 aromatic rings. The molecule has 0 heterocycles. The summed E-state index contributed by atoms with van der Waals surface area (Å²) in [6, 6.07) is 0. The van der Waals surface area contributed by atoms with Crippen LogP contribution in [0.25, 0.3) is 0 Å². The van der Waals surface area contributed by atoms with Gasteiger partial charge in [-0.15, -0.1) is 0 Å². The van der Waals surface area contributed by atoms with Crippen molar-refractivity contribution in [3.63, 3.8) is 0 Å². The lowest BCUT2D eigenvalue weighted by atomic mass is 9.47. The molecule has 0 saturated heterocycles. The van der Waals surface area contributed by atoms with E-state index in [0.29, 0.717) is 17.4 Å². The second-order valence-electron chi connectivity index (χ2n) is 13.1. The first-order valence-corrected chi connectivity index (χ1v) is 14.5. The van der Waals surface area contributed by atoms with Crippen molar-refractivity contribution in [1.82, 2.24) is 5.48 Å². The lowest BCUT2D eigenvalue weighted by Crippen LogP contribution is -2.51. The molecule has 194 valence electrons. The zero-order chi connectivity index (χ0) is 24.5. The van der Waals surface area contributed by atoms with E-state index >= 15 is 0 Å². The van der Waals surface area contributed by atoms with Crippen molar-refractivity contribution < 1.29 is 14.4 Å². The Morgan fingerprint density at radius 1 is 1.09 bits per heavy atom. The minimum atomic E-state index is -0.477. The number of amides is 1. The average molecular weight is 474 g/mol. The molecule has 8 atom stereocenters. The quantitative estimate of drug-likeness (QED) is 0.286. The summed E-state index contributed by atoms with van der Waals surface area (Å²) >= 11 is 0. The maximum Gasteiger partial charge on any atom is 0.431 e. The van der Waals surface area contributed by atoms with Gasteiger partial charge in [-0.25, -0.2) is 4.79 Å². The van der Waals surface area contributed by atoms with E-state index in [1.54, 1.807) is 5.57 Å². The van der Waals surface area contributed by atoms with Crippen LogP contribution < -0.4 is 5.48 Å². The molecule has 0 spiro atoms. The van der Waals surface area contributed by atoms with E-state index in [9.17, 15) is 4.79 Å². The molecule has 0 unspecified atom stereocenters. The summed E-state index contributed by atoms with van der Waals surface area (Å²) in [4.78, 5) is 17.4. The predicted molar refractivity (Wildman–Crippen MR) is 138 cm³/mol. The van der Waals surface area contributed by atoms with Crippen molar-refractivity contribution >= 4 is 6.09 Å². The number of hydrogen-bond acceptors (Lipinski definition) is 3. The summed E-state index contributed by atoms with van der Waals surface area (Å²) in [6.45, 7) is 14.7. The number of ether oxygens (including phenoxy) is 1. The number of hydrogen-bond donors (Lipinski definition) is 1. The van der Waals surface area contributed by atoms with Crippen molar-refractivity contribution in [3.8, 4) is 0 Å². The first-order valence-electron chi connectivity index (χ1n) is 14.5. The van der Waals surface area contributed by atoms with Gasteiger partial charge in [-0.1, -0.05) is 65.5 Å². The zero-order valence-electron chi connectivity index (χ0n) is 22.8. The van der Waals surface area contributed by atoms with Gasteiger partial charge in [-0.05, 0) is 105 Å². The summed E-state index contributed by atoms with van der Waals surface area (Å²) in [5, 5.41) is 0. The van der Waals surface area contributed by atoms with Gasteiger partial charge in [0.05, 0.1) is 12.7 Å². The minimum absolute atomic E-state index is 0.0664. The molecule has 4 nitrogen and oxygen atoms in total. The Balaban J connectivity index is 1.40. The topological polar surface area (TPSA) is 47.6 Å². The van der Waals surface area contributed by atoms with Crippen LogP contribution in [-0.2, 0) is 9.57 Å². The molecule has 3 saturated carbocycles. The van der Waals surface area contributed by atoms with Crippen molar-refractivity contribution in [3.05, 3.63) is 11.6 Å². The molecular formula is C30H51NO3. The van der Waals surface area contributed by atoms with Crippen LogP contribution >= 0.6 is 0 Å². The van der Waals surface area contributed by atoms with Crippen molar-refractivity contribution in [2.24, 2.45) is 46.3 Å². The minimum Gasteiger partial charge on any atom is -0.448 e. The molecule has 0 aromatic heterocycles. The van der Waals surface area contributed by atoms with Crippen molar-refractivity contribution in [1.29, 1.82) is 0 Å². The molecule has 0 aliphatic heterocycles. The summed E-state index contributed by atoms with van der Waals surface area (Å²) in [5.74, 6) is 5.20. The Bertz CT molecular complexity index is 747. The molecule has 4 rings (SSSR count). The Hall–Kier alpha value is -1.03. The van der Waals surface area contributed by atoms with Crippen LogP contribution in [0.4, 0.5) is 4.79 Å². The second kappa shape index (κ2) is 10.5. The van der Waals surface area contributed by atoms with Crippen LogP contribution in [0.2, 0.25) is 0 Å². The molecule has 34 heavy (non-hydrogen) atoms. The van der Waals surface area contributed by atoms with Crippen LogP contribution in [-0.4, -0.2) is 18.8 Å². The van der Waals surface area contributed by atoms with Gasteiger partial charge in [0.2, 0.25) is 0 Å². The summed E-state index contributed by atoms with van der Waals surface area (Å²) < 4.78 is 4.95. The Kier molecular flexibility index (Phi) is 8.06. The fourth-order valence-electron chi connectivity index (χ4n) is 9.04. The number of carbonyl (C=O) groups excluding carboxylic acids is 1. The number of nitrogens with one attached hydrogen (secondary N) is 1. The highest BCUT2D eigenvalue weighted by molar-refractivity contribution is 5.65. The van der Waals surface area contributed by atoms with Gasteiger partial charge in [-0.3, -0.25) is 4.84 Å². The third-order valence-electron chi connectivity index (χ3n) is 10.8. The van der Waals surface area contributed by atoms with Gasteiger partial charge in [0, 0.05) is 0 Å². The first kappa shape index (κ1) is 26.0. The molecule has 3 fully saturated rings. The maximum absolute atomic E-state index is 11.6. The third-order valence-corrected chi connectivity index (χ3v) is 10.8. The van der Waals surface area contributed by atoms with Gasteiger partial charge in [-0.2, -0.15) is 5.48 Å². The van der Waals surface area contributed by atoms with Crippen LogP contribution in [0.3, 0.4) is 0 Å². The van der Waals surface area contributed by atoms with Crippen LogP contribution in [0.5, 0.6) is 0 Å². The maximum atomic E-state index is 11.6. The predicted octanol–water partition coefficient (Wildman–Crippen LogP) is 8.07. The third kappa shape index (κ3) is 4.95. The molecular weight excluding hydrogens is 422 g/mol. The Morgan fingerprint density at radius 3 is 2.62 bits per heavy atom. The highest BCUT2D eigenvalue weighted by atomic mass is 16.7. The van der Waals surface area contributed by atoms with E-state index < -0.39 is 6.09 Å². The van der Waals surface area contributed by atoms with Crippen molar-refractivity contribution in [2.75, 3.05) is 6.61 Å². The standard InChI is InChI=1S/C30H51NO3/c1-7-33-28(32)31-34-23-15-17-29(5)22(19-23)11-12-24-26-14-13-25(21(4)10-8-9-20(2)3)30(26,6)18-16-27(24)29/h11,20-21,23-27H,7-10,12-19H2,1-6H3,(H,31,32)/t21-,23+,24+,25-,26+,27+,29+,30-/m1/s1. The molecule has 4 heteroatoms. The number of rotatable bonds is 8. The summed E-state index contributed by atoms with van der Waals surface area (Å²) in [6.07, 6.45) is 16.5. The zero-order valence-corrected chi connectivity index (χ0v) is 22.8. The van der Waals surface area contributed by atoms with Crippen LogP contribution in [0.1, 0.15) is 112 Å². The van der Waals surface area contributed by atoms with Crippen LogP contribution in [0.15, 0.2) is 11.6 Å². The van der Waals surface area contributed by atoms with E-state index in [2.05, 4.69) is 46.2 Å². The molecule has 0 bridgehead atoms. The normalized spacial score (nSPS) is 40.1. The Labute approximate surface area is 209 Å². The van der Waals surface area contributed by atoms with Gasteiger partial charge in [0.1, 0.15) is 0 Å². The SMILES string of the molecule is CCOC(=O)NO[C@H]1CC[C@@]2(C)C(=CC[C@H]3[C@@H]4CC[C@H]([C@H](C)CCCC(C)C)[C@@]4(C)CC[C@@H]32)C1.